The summed E-state index contributed by atoms with van der Waals surface area (Å²) < 4.78 is 5.17. The summed E-state index contributed by atoms with van der Waals surface area (Å²) in [5.41, 5.74) is -0.422. The quantitative estimate of drug-likeness (QED) is 0.709. The molecule has 1 N–H and O–H groups in total. The van der Waals surface area contributed by atoms with E-state index in [1.165, 1.54) is 0 Å². The molecule has 2 nitrogen and oxygen atoms in total. The fourth-order valence-corrected chi connectivity index (χ4v) is 1.45. The summed E-state index contributed by atoms with van der Waals surface area (Å²) >= 11 is 0. The molecule has 1 aliphatic carbocycles. The Morgan fingerprint density at radius 1 is 1.07 bits per heavy atom. The number of rotatable bonds is 1. The molecule has 1 aliphatic rings. The van der Waals surface area contributed by atoms with Gasteiger partial charge in [0, 0.05) is 7.11 Å². The lowest BCUT2D eigenvalue weighted by Gasteiger charge is -2.32. The van der Waals surface area contributed by atoms with Crippen LogP contribution in [0, 0.1) is 0 Å². The molecule has 1 fully saturated rings. The summed E-state index contributed by atoms with van der Waals surface area (Å²) in [6, 6.07) is 0. The van der Waals surface area contributed by atoms with Gasteiger partial charge in [-0.1, -0.05) is 27.7 Å². The number of hydrogen-bond donors (Lipinski definition) is 1. The van der Waals surface area contributed by atoms with Crippen molar-refractivity contribution in [2.24, 2.45) is 0 Å². The van der Waals surface area contributed by atoms with Crippen LogP contribution in [0.4, 0.5) is 0 Å². The molecular weight excluding hydrogens is 176 g/mol. The molecule has 0 aliphatic heterocycles. The van der Waals surface area contributed by atoms with Crippen LogP contribution in [0.2, 0.25) is 0 Å². The minimum atomic E-state index is -0.422. The van der Waals surface area contributed by atoms with E-state index >= 15 is 0 Å². The summed E-state index contributed by atoms with van der Waals surface area (Å²) in [5, 5.41) is 9.53. The van der Waals surface area contributed by atoms with Gasteiger partial charge >= 0.3 is 0 Å². The van der Waals surface area contributed by atoms with Crippen LogP contribution in [0.15, 0.2) is 0 Å². The highest BCUT2D eigenvalue weighted by atomic mass is 16.5. The molecule has 0 radical (unpaired) electrons. The highest BCUT2D eigenvalue weighted by Crippen LogP contribution is 2.28. The molecule has 14 heavy (non-hydrogen) atoms. The summed E-state index contributed by atoms with van der Waals surface area (Å²) in [6.07, 6.45) is 4.16. The predicted molar refractivity (Wildman–Crippen MR) is 62.6 cm³/mol. The van der Waals surface area contributed by atoms with Gasteiger partial charge in [-0.2, -0.15) is 0 Å². The maximum atomic E-state index is 9.53. The molecule has 0 aromatic carbocycles. The van der Waals surface area contributed by atoms with Gasteiger partial charge in [-0.15, -0.1) is 0 Å². The Hall–Kier alpha value is -0.0800. The maximum Gasteiger partial charge on any atom is 0.0621 e. The molecule has 0 spiro atoms. The number of ether oxygens (including phenoxy) is 1. The Morgan fingerprint density at radius 3 is 1.71 bits per heavy atom. The summed E-state index contributed by atoms with van der Waals surface area (Å²) in [7, 11) is 1.74. The Morgan fingerprint density at radius 2 is 1.43 bits per heavy atom. The molecule has 1 saturated carbocycles. The SMILES string of the molecule is CC.CC.COC1CCC(C)(O)CC1. The third kappa shape index (κ3) is 7.34. The van der Waals surface area contributed by atoms with Gasteiger partial charge in [0.05, 0.1) is 11.7 Å². The Bertz CT molecular complexity index is 101. The van der Waals surface area contributed by atoms with E-state index in [4.69, 9.17) is 4.74 Å². The first-order chi connectivity index (χ1) is 6.64. The molecular formula is C12H28O2. The summed E-state index contributed by atoms with van der Waals surface area (Å²) in [6.45, 7) is 9.90. The first-order valence-electron chi connectivity index (χ1n) is 5.89. The van der Waals surface area contributed by atoms with E-state index in [0.29, 0.717) is 6.10 Å². The average molecular weight is 204 g/mol. The molecule has 0 heterocycles. The van der Waals surface area contributed by atoms with Crippen LogP contribution in [0.1, 0.15) is 60.3 Å². The van der Waals surface area contributed by atoms with Crippen molar-refractivity contribution in [3.05, 3.63) is 0 Å². The van der Waals surface area contributed by atoms with Gasteiger partial charge in [0.2, 0.25) is 0 Å². The molecule has 0 aromatic rings. The largest absolute Gasteiger partial charge is 0.390 e. The molecule has 0 aromatic heterocycles. The van der Waals surface area contributed by atoms with Gasteiger partial charge in [0.25, 0.3) is 0 Å². The second kappa shape index (κ2) is 9.47. The van der Waals surface area contributed by atoms with E-state index in [1.807, 2.05) is 34.6 Å². The first-order valence-corrected chi connectivity index (χ1v) is 5.89. The van der Waals surface area contributed by atoms with Crippen molar-refractivity contribution in [1.82, 2.24) is 0 Å². The minimum absolute atomic E-state index is 0.389. The van der Waals surface area contributed by atoms with E-state index < -0.39 is 5.60 Å². The minimum Gasteiger partial charge on any atom is -0.390 e. The van der Waals surface area contributed by atoms with Gasteiger partial charge < -0.3 is 9.84 Å². The number of hydrogen-bond acceptors (Lipinski definition) is 2. The van der Waals surface area contributed by atoms with E-state index in [9.17, 15) is 5.11 Å². The molecule has 0 amide bonds. The molecule has 1 rings (SSSR count). The van der Waals surface area contributed by atoms with Gasteiger partial charge in [0.15, 0.2) is 0 Å². The van der Waals surface area contributed by atoms with Gasteiger partial charge in [-0.3, -0.25) is 0 Å². The highest BCUT2D eigenvalue weighted by Gasteiger charge is 2.28. The van der Waals surface area contributed by atoms with E-state index in [-0.39, 0.29) is 0 Å². The van der Waals surface area contributed by atoms with Crippen molar-refractivity contribution in [3.63, 3.8) is 0 Å². The van der Waals surface area contributed by atoms with Crippen LogP contribution in [0.3, 0.4) is 0 Å². The van der Waals surface area contributed by atoms with Crippen molar-refractivity contribution in [2.45, 2.75) is 72.0 Å². The fraction of sp³-hybridized carbons (Fsp3) is 1.00. The van der Waals surface area contributed by atoms with E-state index in [1.54, 1.807) is 7.11 Å². The Kier molecular flexibility index (Phi) is 11.1. The number of aliphatic hydroxyl groups is 1. The van der Waals surface area contributed by atoms with E-state index in [0.717, 1.165) is 25.7 Å². The normalized spacial score (nSPS) is 30.6. The van der Waals surface area contributed by atoms with Crippen LogP contribution < -0.4 is 0 Å². The van der Waals surface area contributed by atoms with Crippen molar-refractivity contribution in [3.8, 4) is 0 Å². The topological polar surface area (TPSA) is 29.5 Å². The zero-order chi connectivity index (χ0) is 11.6. The van der Waals surface area contributed by atoms with Crippen LogP contribution in [0.25, 0.3) is 0 Å². The van der Waals surface area contributed by atoms with Crippen LogP contribution in [-0.4, -0.2) is 23.9 Å². The lowest BCUT2D eigenvalue weighted by molar-refractivity contribution is -0.0311. The zero-order valence-electron chi connectivity index (χ0n) is 10.8. The molecule has 0 bridgehead atoms. The van der Waals surface area contributed by atoms with Gasteiger partial charge in [0.1, 0.15) is 0 Å². The van der Waals surface area contributed by atoms with Crippen molar-refractivity contribution in [2.75, 3.05) is 7.11 Å². The Labute approximate surface area is 89.7 Å². The summed E-state index contributed by atoms with van der Waals surface area (Å²) in [5.74, 6) is 0. The van der Waals surface area contributed by atoms with Crippen LogP contribution in [-0.2, 0) is 4.74 Å². The van der Waals surface area contributed by atoms with Crippen molar-refractivity contribution >= 4 is 0 Å². The first kappa shape index (κ1) is 16.4. The lowest BCUT2D eigenvalue weighted by atomic mass is 9.85. The standard InChI is InChI=1S/C8H16O2.2C2H6/c1-8(9)5-3-7(10-2)4-6-8;2*1-2/h7,9H,3-6H2,1-2H3;2*1-2H3. The monoisotopic (exact) mass is 204 g/mol. The van der Waals surface area contributed by atoms with Crippen LogP contribution in [0.5, 0.6) is 0 Å². The van der Waals surface area contributed by atoms with Crippen molar-refractivity contribution in [1.29, 1.82) is 0 Å². The smallest absolute Gasteiger partial charge is 0.0621 e. The van der Waals surface area contributed by atoms with E-state index in [2.05, 4.69) is 0 Å². The molecule has 2 heteroatoms. The second-order valence-corrected chi connectivity index (χ2v) is 3.43. The molecule has 0 atom stereocenters. The summed E-state index contributed by atoms with van der Waals surface area (Å²) in [4.78, 5) is 0. The maximum absolute atomic E-state index is 9.53. The molecule has 0 saturated heterocycles. The average Bonchev–Trinajstić information content (AvgIpc) is 2.24. The predicted octanol–water partition coefficient (Wildman–Crippen LogP) is 3.38. The molecule has 0 unspecified atom stereocenters. The van der Waals surface area contributed by atoms with Gasteiger partial charge in [-0.25, -0.2) is 0 Å². The third-order valence-corrected chi connectivity index (χ3v) is 2.34. The fourth-order valence-electron chi connectivity index (χ4n) is 1.45. The van der Waals surface area contributed by atoms with Gasteiger partial charge in [-0.05, 0) is 32.6 Å². The van der Waals surface area contributed by atoms with Crippen molar-refractivity contribution < 1.29 is 9.84 Å². The molecule has 88 valence electrons. The second-order valence-electron chi connectivity index (χ2n) is 3.43. The van der Waals surface area contributed by atoms with Crippen LogP contribution >= 0.6 is 0 Å². The highest BCUT2D eigenvalue weighted by molar-refractivity contribution is 4.81. The third-order valence-electron chi connectivity index (χ3n) is 2.34. The number of methoxy groups -OCH3 is 1. The lowest BCUT2D eigenvalue weighted by Crippen LogP contribution is -2.33. The zero-order valence-corrected chi connectivity index (χ0v) is 10.8. The Balaban J connectivity index is 0.